The molecule has 34 heavy (non-hydrogen) atoms. The van der Waals surface area contributed by atoms with Gasteiger partial charge in [-0.2, -0.15) is 0 Å². The van der Waals surface area contributed by atoms with Gasteiger partial charge < -0.3 is 9.57 Å². The molecule has 4 heteroatoms. The molecule has 0 aliphatic heterocycles. The number of carbonyl (C=O) groups is 1. The van der Waals surface area contributed by atoms with E-state index >= 15 is 0 Å². The molecule has 0 heterocycles. The Kier molecular flexibility index (Phi) is 13.2. The molecule has 0 N–H and O–H groups in total. The van der Waals surface area contributed by atoms with Gasteiger partial charge in [0.1, 0.15) is 0 Å². The van der Waals surface area contributed by atoms with E-state index in [1.807, 2.05) is 42.3 Å². The monoisotopic (exact) mass is 469 g/mol. The molecule has 2 aromatic rings. The van der Waals surface area contributed by atoms with Crippen LogP contribution in [0.4, 0.5) is 0 Å². The van der Waals surface area contributed by atoms with Gasteiger partial charge in [0.25, 0.3) is 0 Å². The molecule has 0 amide bonds. The maximum atomic E-state index is 13.5. The summed E-state index contributed by atoms with van der Waals surface area (Å²) < 4.78 is 5.83. The topological polar surface area (TPSA) is 38.8 Å². The zero-order chi connectivity index (χ0) is 24.7. The molecule has 0 saturated carbocycles. The molecule has 190 valence electrons. The van der Waals surface area contributed by atoms with Gasteiger partial charge in [0.15, 0.2) is 5.60 Å². The van der Waals surface area contributed by atoms with Crippen molar-refractivity contribution >= 4 is 16.7 Å². The van der Waals surface area contributed by atoms with Crippen molar-refractivity contribution < 1.29 is 14.4 Å². The SMILES string of the molecule is CCCCCCCCN(CCCCCCCC)OC(=O)C(C)(OC)c1cccc2ccccc12. The molecule has 0 spiro atoms. The molecular weight excluding hydrogens is 422 g/mol. The lowest BCUT2D eigenvalue weighted by atomic mass is 9.91. The molecule has 0 aromatic heterocycles. The normalized spacial score (nSPS) is 13.3. The van der Waals surface area contributed by atoms with E-state index in [0.717, 1.165) is 42.3 Å². The average molecular weight is 470 g/mol. The average Bonchev–Trinajstić information content (AvgIpc) is 2.87. The fourth-order valence-electron chi connectivity index (χ4n) is 4.49. The molecule has 1 atom stereocenters. The van der Waals surface area contributed by atoms with Crippen molar-refractivity contribution in [1.29, 1.82) is 0 Å². The van der Waals surface area contributed by atoms with E-state index in [1.54, 1.807) is 7.11 Å². The number of benzene rings is 2. The van der Waals surface area contributed by atoms with Gasteiger partial charge in [0.05, 0.1) is 0 Å². The molecule has 2 rings (SSSR count). The van der Waals surface area contributed by atoms with E-state index in [4.69, 9.17) is 9.57 Å². The maximum Gasteiger partial charge on any atom is 0.361 e. The standard InChI is InChI=1S/C30H47NO3/c1-5-7-9-11-13-17-24-31(25-18-14-12-10-8-6-2)34-29(32)30(3,33-4)28-23-19-21-26-20-15-16-22-27(26)28/h15-16,19-23H,5-14,17-18,24-25H2,1-4H3. The summed E-state index contributed by atoms with van der Waals surface area (Å²) in [6, 6.07) is 14.1. The third-order valence-electron chi connectivity index (χ3n) is 6.84. The highest BCUT2D eigenvalue weighted by Gasteiger charge is 2.39. The van der Waals surface area contributed by atoms with Crippen LogP contribution in [-0.4, -0.2) is 31.2 Å². The van der Waals surface area contributed by atoms with Gasteiger partial charge in [-0.3, -0.25) is 0 Å². The summed E-state index contributed by atoms with van der Waals surface area (Å²) in [6.45, 7) is 7.87. The number of methoxy groups -OCH3 is 1. The second kappa shape index (κ2) is 15.9. The highest BCUT2D eigenvalue weighted by atomic mass is 16.7. The minimum Gasteiger partial charge on any atom is -0.365 e. The molecule has 1 unspecified atom stereocenters. The molecule has 0 bridgehead atoms. The van der Waals surface area contributed by atoms with Crippen LogP contribution in [0.25, 0.3) is 10.8 Å². The fourth-order valence-corrected chi connectivity index (χ4v) is 4.49. The van der Waals surface area contributed by atoms with Crippen LogP contribution in [0.2, 0.25) is 0 Å². The molecule has 0 aliphatic rings. The van der Waals surface area contributed by atoms with Gasteiger partial charge in [-0.1, -0.05) is 121 Å². The summed E-state index contributed by atoms with van der Waals surface area (Å²) in [5, 5.41) is 4.00. The predicted molar refractivity (Wildman–Crippen MR) is 143 cm³/mol. The summed E-state index contributed by atoms with van der Waals surface area (Å²) in [5.41, 5.74) is -0.321. The molecule has 2 aromatic carbocycles. The van der Waals surface area contributed by atoms with Crippen LogP contribution in [0.3, 0.4) is 0 Å². The minimum absolute atomic E-state index is 0.344. The Morgan fingerprint density at radius 2 is 1.29 bits per heavy atom. The highest BCUT2D eigenvalue weighted by molar-refractivity contribution is 5.92. The molecular formula is C30H47NO3. The first-order valence-electron chi connectivity index (χ1n) is 13.6. The predicted octanol–water partition coefficient (Wildman–Crippen LogP) is 8.18. The van der Waals surface area contributed by atoms with E-state index < -0.39 is 5.60 Å². The second-order valence-electron chi connectivity index (χ2n) is 9.61. The van der Waals surface area contributed by atoms with Gasteiger partial charge in [-0.25, -0.2) is 4.79 Å². The van der Waals surface area contributed by atoms with E-state index in [-0.39, 0.29) is 5.97 Å². The van der Waals surface area contributed by atoms with Crippen molar-refractivity contribution in [2.45, 2.75) is 103 Å². The van der Waals surface area contributed by atoms with Crippen LogP contribution in [0.1, 0.15) is 103 Å². The number of rotatable bonds is 18. The number of hydroxylamine groups is 2. The maximum absolute atomic E-state index is 13.5. The number of unbranched alkanes of at least 4 members (excludes halogenated alkanes) is 10. The zero-order valence-corrected chi connectivity index (χ0v) is 22.1. The number of carbonyl (C=O) groups excluding carboxylic acids is 1. The Hall–Kier alpha value is -1.91. The van der Waals surface area contributed by atoms with Crippen LogP contribution in [-0.2, 0) is 20.0 Å². The minimum atomic E-state index is -1.17. The van der Waals surface area contributed by atoms with Crippen LogP contribution in [0.15, 0.2) is 42.5 Å². The Bertz CT molecular complexity index is 815. The molecule has 0 aliphatic carbocycles. The van der Waals surface area contributed by atoms with Crippen molar-refractivity contribution in [2.24, 2.45) is 0 Å². The lowest BCUT2D eigenvalue weighted by Crippen LogP contribution is -2.41. The van der Waals surface area contributed by atoms with E-state index in [2.05, 4.69) is 26.0 Å². The summed E-state index contributed by atoms with van der Waals surface area (Å²) in [5.74, 6) is -0.344. The van der Waals surface area contributed by atoms with Crippen LogP contribution in [0, 0.1) is 0 Å². The molecule has 0 saturated heterocycles. The fraction of sp³-hybridized carbons (Fsp3) is 0.633. The Labute approximate surface area is 208 Å². The first-order chi connectivity index (χ1) is 16.6. The molecule has 4 nitrogen and oxygen atoms in total. The third-order valence-corrected chi connectivity index (χ3v) is 6.84. The second-order valence-corrected chi connectivity index (χ2v) is 9.61. The first-order valence-corrected chi connectivity index (χ1v) is 13.6. The van der Waals surface area contributed by atoms with Crippen LogP contribution >= 0.6 is 0 Å². The van der Waals surface area contributed by atoms with Crippen molar-refractivity contribution in [1.82, 2.24) is 5.06 Å². The lowest BCUT2D eigenvalue weighted by Gasteiger charge is -2.30. The summed E-state index contributed by atoms with van der Waals surface area (Å²) in [7, 11) is 1.59. The largest absolute Gasteiger partial charge is 0.365 e. The number of hydrogen-bond donors (Lipinski definition) is 0. The Balaban J connectivity index is 2.05. The Morgan fingerprint density at radius 3 is 1.88 bits per heavy atom. The quantitative estimate of drug-likeness (QED) is 0.163. The van der Waals surface area contributed by atoms with Crippen LogP contribution < -0.4 is 0 Å². The van der Waals surface area contributed by atoms with E-state index in [9.17, 15) is 4.79 Å². The number of fused-ring (bicyclic) bond motifs is 1. The number of nitrogens with zero attached hydrogens (tertiary/aromatic N) is 1. The highest BCUT2D eigenvalue weighted by Crippen LogP contribution is 2.33. The summed E-state index contributed by atoms with van der Waals surface area (Å²) in [6.07, 6.45) is 14.6. The van der Waals surface area contributed by atoms with Crippen molar-refractivity contribution in [2.75, 3.05) is 20.2 Å². The summed E-state index contributed by atoms with van der Waals surface area (Å²) in [4.78, 5) is 19.5. The van der Waals surface area contributed by atoms with Crippen molar-refractivity contribution in [3.8, 4) is 0 Å². The van der Waals surface area contributed by atoms with E-state index in [1.165, 1.54) is 64.2 Å². The van der Waals surface area contributed by atoms with Crippen LogP contribution in [0.5, 0.6) is 0 Å². The van der Waals surface area contributed by atoms with Crippen molar-refractivity contribution in [3.05, 3.63) is 48.0 Å². The van der Waals surface area contributed by atoms with Gasteiger partial charge in [-0.15, -0.1) is 5.06 Å². The number of ether oxygens (including phenoxy) is 1. The first kappa shape index (κ1) is 28.3. The van der Waals surface area contributed by atoms with E-state index in [0.29, 0.717) is 0 Å². The lowest BCUT2D eigenvalue weighted by molar-refractivity contribution is -0.214. The van der Waals surface area contributed by atoms with Gasteiger partial charge in [0.2, 0.25) is 0 Å². The zero-order valence-electron chi connectivity index (χ0n) is 22.1. The third kappa shape index (κ3) is 8.70. The van der Waals surface area contributed by atoms with Crippen molar-refractivity contribution in [3.63, 3.8) is 0 Å². The Morgan fingerprint density at radius 1 is 0.765 bits per heavy atom. The smallest absolute Gasteiger partial charge is 0.361 e. The molecule has 0 radical (unpaired) electrons. The van der Waals surface area contributed by atoms with Gasteiger partial charge in [0, 0.05) is 25.8 Å². The van der Waals surface area contributed by atoms with Gasteiger partial charge >= 0.3 is 5.97 Å². The summed E-state index contributed by atoms with van der Waals surface area (Å²) >= 11 is 0. The van der Waals surface area contributed by atoms with Gasteiger partial charge in [-0.05, 0) is 30.5 Å². The molecule has 0 fully saturated rings. The number of hydrogen-bond acceptors (Lipinski definition) is 4.